The predicted octanol–water partition coefficient (Wildman–Crippen LogP) is 5.44. The first kappa shape index (κ1) is 30.7. The molecule has 2 heterocycles. The molecule has 0 atom stereocenters. The van der Waals surface area contributed by atoms with Crippen LogP contribution in [-0.4, -0.2) is 68.2 Å². The summed E-state index contributed by atoms with van der Waals surface area (Å²) >= 11 is 0. The molecule has 13 heteroatoms. The van der Waals surface area contributed by atoms with Crippen molar-refractivity contribution in [2.24, 2.45) is 0 Å². The van der Waals surface area contributed by atoms with Crippen molar-refractivity contribution in [2.45, 2.75) is 18.9 Å². The molecule has 1 amide bonds. The molecule has 6 rings (SSSR count). The fourth-order valence-electron chi connectivity index (χ4n) is 5.21. The molecule has 46 heavy (non-hydrogen) atoms. The number of amides is 1. The lowest BCUT2D eigenvalue weighted by Gasteiger charge is -2.29. The van der Waals surface area contributed by atoms with Crippen molar-refractivity contribution in [1.82, 2.24) is 9.97 Å². The number of halogens is 2. The van der Waals surface area contributed by atoms with E-state index in [1.54, 1.807) is 12.3 Å². The number of carbonyl (C=O) groups excluding carboxylic acids is 2. The number of hydrogen-bond acceptors (Lipinski definition) is 10. The molecule has 0 radical (unpaired) electrons. The van der Waals surface area contributed by atoms with E-state index in [0.29, 0.717) is 54.3 Å². The Morgan fingerprint density at radius 1 is 1.02 bits per heavy atom. The normalized spacial score (nSPS) is 14.5. The predicted molar refractivity (Wildman–Crippen MR) is 171 cm³/mol. The minimum atomic E-state index is -1.14. The molecule has 2 aliphatic rings. The summed E-state index contributed by atoms with van der Waals surface area (Å²) in [7, 11) is 2.44. The van der Waals surface area contributed by atoms with Crippen molar-refractivity contribution in [3.05, 3.63) is 78.0 Å². The lowest BCUT2D eigenvalue weighted by atomic mass is 9.98. The average molecular weight is 631 g/mol. The Morgan fingerprint density at radius 2 is 1.74 bits per heavy atom. The van der Waals surface area contributed by atoms with Gasteiger partial charge in [0.2, 0.25) is 17.6 Å². The van der Waals surface area contributed by atoms with E-state index >= 15 is 8.78 Å². The molecule has 1 aromatic heterocycles. The molecule has 2 fully saturated rings. The second-order valence-corrected chi connectivity index (χ2v) is 10.8. The summed E-state index contributed by atoms with van der Waals surface area (Å²) in [6, 6.07) is 9.79. The monoisotopic (exact) mass is 630 g/mol. The highest BCUT2D eigenvalue weighted by Gasteiger charge is 2.31. The van der Waals surface area contributed by atoms with Gasteiger partial charge in [0.05, 0.1) is 50.0 Å². The number of carbonyl (C=O) groups is 2. The smallest absolute Gasteiger partial charge is 0.247 e. The van der Waals surface area contributed by atoms with Crippen molar-refractivity contribution in [2.75, 3.05) is 61.4 Å². The van der Waals surface area contributed by atoms with Gasteiger partial charge in [-0.15, -0.1) is 0 Å². The Hall–Kier alpha value is -5.30. The van der Waals surface area contributed by atoms with E-state index in [1.807, 2.05) is 18.2 Å². The van der Waals surface area contributed by atoms with E-state index in [4.69, 9.17) is 19.2 Å². The van der Waals surface area contributed by atoms with Gasteiger partial charge in [0.1, 0.15) is 5.56 Å². The molecule has 0 bridgehead atoms. The maximum atomic E-state index is 15.4. The lowest BCUT2D eigenvalue weighted by Crippen LogP contribution is -2.36. The maximum absolute atomic E-state index is 15.4. The Labute approximate surface area is 263 Å². The second kappa shape index (κ2) is 13.0. The second-order valence-electron chi connectivity index (χ2n) is 10.8. The van der Waals surface area contributed by atoms with E-state index in [2.05, 4.69) is 32.4 Å². The van der Waals surface area contributed by atoms with Crippen molar-refractivity contribution < 1.29 is 32.6 Å². The number of rotatable bonds is 11. The van der Waals surface area contributed by atoms with Crippen LogP contribution in [0.1, 0.15) is 28.8 Å². The van der Waals surface area contributed by atoms with Gasteiger partial charge in [-0.05, 0) is 43.2 Å². The van der Waals surface area contributed by atoms with Gasteiger partial charge < -0.3 is 35.1 Å². The summed E-state index contributed by atoms with van der Waals surface area (Å²) < 4.78 is 46.3. The number of ketones is 1. The van der Waals surface area contributed by atoms with Crippen molar-refractivity contribution in [1.29, 1.82) is 0 Å². The Morgan fingerprint density at radius 3 is 2.39 bits per heavy atom. The quantitative estimate of drug-likeness (QED) is 0.146. The van der Waals surface area contributed by atoms with Crippen LogP contribution >= 0.6 is 0 Å². The molecule has 3 N–H and O–H groups in total. The summed E-state index contributed by atoms with van der Waals surface area (Å²) in [5.74, 6) is -4.05. The molecule has 1 saturated heterocycles. The van der Waals surface area contributed by atoms with Gasteiger partial charge in [0.15, 0.2) is 23.1 Å². The van der Waals surface area contributed by atoms with E-state index in [0.717, 1.165) is 24.6 Å². The molecule has 1 aliphatic heterocycles. The Kier molecular flexibility index (Phi) is 8.66. The average Bonchev–Trinajstić information content (AvgIpc) is 3.90. The molecule has 1 aliphatic carbocycles. The molecule has 238 valence electrons. The molecule has 11 nitrogen and oxygen atoms in total. The van der Waals surface area contributed by atoms with Crippen molar-refractivity contribution in [3.8, 4) is 11.5 Å². The zero-order valence-electron chi connectivity index (χ0n) is 25.3. The van der Waals surface area contributed by atoms with Crippen LogP contribution in [0, 0.1) is 11.6 Å². The first-order valence-electron chi connectivity index (χ1n) is 14.7. The third-order valence-corrected chi connectivity index (χ3v) is 7.79. The summed E-state index contributed by atoms with van der Waals surface area (Å²) in [4.78, 5) is 37.5. The summed E-state index contributed by atoms with van der Waals surface area (Å²) in [6.07, 6.45) is 4.47. The number of aromatic nitrogens is 2. The number of nitrogens with zero attached hydrogens (tertiary/aromatic N) is 3. The van der Waals surface area contributed by atoms with Crippen LogP contribution in [0.4, 0.5) is 37.5 Å². The van der Waals surface area contributed by atoms with Crippen LogP contribution in [0.2, 0.25) is 0 Å². The fraction of sp³-hybridized carbons (Fsp3) is 0.273. The summed E-state index contributed by atoms with van der Waals surface area (Å²) in [5, 5.41) is 9.92. The SMILES string of the molecule is C=CC(=O)Nc1cc(N2CCOCC2)ccc1Nc1ncc2ccc(C(=O)c3c(F)c(OC)cc(OC)c3F)c(NC3CC3)c2n1. The van der Waals surface area contributed by atoms with E-state index in [-0.39, 0.29) is 29.1 Å². The van der Waals surface area contributed by atoms with E-state index in [1.165, 1.54) is 26.4 Å². The number of morpholine rings is 1. The highest BCUT2D eigenvalue weighted by molar-refractivity contribution is 6.16. The zero-order chi connectivity index (χ0) is 32.4. The molecule has 0 spiro atoms. The lowest BCUT2D eigenvalue weighted by molar-refractivity contribution is -0.111. The molecule has 3 aromatic carbocycles. The van der Waals surface area contributed by atoms with Crippen LogP contribution in [-0.2, 0) is 9.53 Å². The van der Waals surface area contributed by atoms with E-state index < -0.39 is 28.9 Å². The molecule has 1 saturated carbocycles. The summed E-state index contributed by atoms with van der Waals surface area (Å²) in [5.41, 5.74) is 1.81. The van der Waals surface area contributed by atoms with Gasteiger partial charge in [0.25, 0.3) is 0 Å². The van der Waals surface area contributed by atoms with Crippen LogP contribution in [0.25, 0.3) is 10.9 Å². The zero-order valence-corrected chi connectivity index (χ0v) is 25.3. The number of methoxy groups -OCH3 is 2. The van der Waals surface area contributed by atoms with Gasteiger partial charge in [-0.2, -0.15) is 0 Å². The number of anilines is 5. The first-order chi connectivity index (χ1) is 22.3. The number of nitrogens with one attached hydrogen (secondary N) is 3. The van der Waals surface area contributed by atoms with Gasteiger partial charge in [-0.3, -0.25) is 9.59 Å². The Bertz CT molecular complexity index is 1810. The van der Waals surface area contributed by atoms with Crippen LogP contribution in [0.3, 0.4) is 0 Å². The van der Waals surface area contributed by atoms with Crippen LogP contribution < -0.4 is 30.3 Å². The van der Waals surface area contributed by atoms with Crippen molar-refractivity contribution >= 4 is 51.3 Å². The van der Waals surface area contributed by atoms with Crippen molar-refractivity contribution in [3.63, 3.8) is 0 Å². The molecular formula is C33H32F2N6O5. The highest BCUT2D eigenvalue weighted by atomic mass is 19.1. The van der Waals surface area contributed by atoms with Gasteiger partial charge in [-0.1, -0.05) is 12.6 Å². The van der Waals surface area contributed by atoms with Gasteiger partial charge in [0, 0.05) is 48.0 Å². The third-order valence-electron chi connectivity index (χ3n) is 7.79. The van der Waals surface area contributed by atoms with Crippen LogP contribution in [0.5, 0.6) is 11.5 Å². The van der Waals surface area contributed by atoms with Gasteiger partial charge >= 0.3 is 0 Å². The minimum absolute atomic E-state index is 0.0194. The largest absolute Gasteiger partial charge is 0.494 e. The fourth-order valence-corrected chi connectivity index (χ4v) is 5.21. The maximum Gasteiger partial charge on any atom is 0.247 e. The molecule has 0 unspecified atom stereocenters. The standard InChI is InChI=1S/C33H32F2N6O5/c1-4-26(42)38-23-15-20(41-11-13-46-14-12-41)8-10-22(23)39-33-36-17-18-5-9-21(31(30(18)40-33)37-19-6-7-19)32(43)27-28(34)24(44-2)16-25(45-3)29(27)35/h4-5,8-10,15-17,19,37H,1,6-7,11-14H2,2-3H3,(H,38,42)(H,36,39,40). The molecular weight excluding hydrogens is 598 g/mol. The topological polar surface area (TPSA) is 127 Å². The Balaban J connectivity index is 1.41. The minimum Gasteiger partial charge on any atom is -0.494 e. The number of hydrogen-bond donors (Lipinski definition) is 3. The van der Waals surface area contributed by atoms with E-state index in [9.17, 15) is 9.59 Å². The van der Waals surface area contributed by atoms with Gasteiger partial charge in [-0.25, -0.2) is 18.7 Å². The number of benzene rings is 3. The van der Waals surface area contributed by atoms with Crippen LogP contribution in [0.15, 0.2) is 55.3 Å². The number of ether oxygens (including phenoxy) is 3. The molecule has 4 aromatic rings. The first-order valence-corrected chi connectivity index (χ1v) is 14.7. The summed E-state index contributed by atoms with van der Waals surface area (Å²) in [6.45, 7) is 6.18. The third kappa shape index (κ3) is 6.13. The highest BCUT2D eigenvalue weighted by Crippen LogP contribution is 2.38. The number of fused-ring (bicyclic) bond motifs is 1.